The number of carbonyl (C=O) groups excluding carboxylic acids is 1. The Kier molecular flexibility index (Phi) is 7.38. The van der Waals surface area contributed by atoms with Crippen molar-refractivity contribution in [1.29, 1.82) is 0 Å². The Morgan fingerprint density at radius 1 is 1.23 bits per heavy atom. The second-order valence-electron chi connectivity index (χ2n) is 5.26. The van der Waals surface area contributed by atoms with E-state index in [0.717, 1.165) is 18.4 Å². The number of rotatable bonds is 8. The number of nitrogens with two attached hydrogens (primary N) is 1. The van der Waals surface area contributed by atoms with Crippen LogP contribution in [0.4, 0.5) is 13.2 Å². The summed E-state index contributed by atoms with van der Waals surface area (Å²) in [6.07, 6.45) is -2.39. The van der Waals surface area contributed by atoms with Gasteiger partial charge in [0, 0.05) is 0 Å². The van der Waals surface area contributed by atoms with Crippen molar-refractivity contribution in [3.05, 3.63) is 35.9 Å². The molecule has 124 valence electrons. The SMILES string of the molecule is CCCCC[C@H](C(=O)OCc1ccccc1)[C@H](N)C(F)(F)F. The fourth-order valence-electron chi connectivity index (χ4n) is 2.12. The predicted octanol–water partition coefficient (Wildman–Crippen LogP) is 3.82. The average molecular weight is 317 g/mol. The number of alkyl halides is 3. The topological polar surface area (TPSA) is 52.3 Å². The van der Waals surface area contributed by atoms with Gasteiger partial charge in [0.2, 0.25) is 0 Å². The molecule has 0 spiro atoms. The van der Waals surface area contributed by atoms with Crippen LogP contribution in [0, 0.1) is 5.92 Å². The molecule has 3 nitrogen and oxygen atoms in total. The molecule has 0 radical (unpaired) electrons. The van der Waals surface area contributed by atoms with Crippen LogP contribution in [-0.4, -0.2) is 18.2 Å². The van der Waals surface area contributed by atoms with E-state index in [0.29, 0.717) is 6.42 Å². The van der Waals surface area contributed by atoms with Crippen molar-refractivity contribution in [3.63, 3.8) is 0 Å². The summed E-state index contributed by atoms with van der Waals surface area (Å²) in [5.41, 5.74) is 5.95. The van der Waals surface area contributed by atoms with Crippen LogP contribution in [0.15, 0.2) is 30.3 Å². The number of esters is 1. The average Bonchev–Trinajstić information content (AvgIpc) is 2.49. The molecule has 0 aliphatic heterocycles. The second-order valence-corrected chi connectivity index (χ2v) is 5.26. The van der Waals surface area contributed by atoms with Gasteiger partial charge in [0.25, 0.3) is 0 Å². The van der Waals surface area contributed by atoms with Crippen LogP contribution in [0.1, 0.15) is 38.2 Å². The Balaban J connectivity index is 2.66. The van der Waals surface area contributed by atoms with Crippen molar-refractivity contribution in [2.75, 3.05) is 0 Å². The van der Waals surface area contributed by atoms with Crippen LogP contribution in [0.25, 0.3) is 0 Å². The maximum Gasteiger partial charge on any atom is 0.404 e. The molecule has 2 N–H and O–H groups in total. The van der Waals surface area contributed by atoms with Gasteiger partial charge in [-0.1, -0.05) is 56.5 Å². The molecule has 0 amide bonds. The molecule has 22 heavy (non-hydrogen) atoms. The molecule has 1 rings (SSSR count). The number of hydrogen-bond acceptors (Lipinski definition) is 3. The fourth-order valence-corrected chi connectivity index (χ4v) is 2.12. The minimum absolute atomic E-state index is 0.0471. The predicted molar refractivity (Wildman–Crippen MR) is 77.9 cm³/mol. The maximum atomic E-state index is 12.8. The molecular weight excluding hydrogens is 295 g/mol. The van der Waals surface area contributed by atoms with Gasteiger partial charge in [-0.15, -0.1) is 0 Å². The molecule has 0 heterocycles. The van der Waals surface area contributed by atoms with E-state index >= 15 is 0 Å². The monoisotopic (exact) mass is 317 g/mol. The number of ether oxygens (including phenoxy) is 1. The molecular formula is C16H22F3NO2. The van der Waals surface area contributed by atoms with Gasteiger partial charge in [0.1, 0.15) is 12.6 Å². The van der Waals surface area contributed by atoms with Crippen LogP contribution in [-0.2, 0) is 16.1 Å². The third-order valence-corrected chi connectivity index (χ3v) is 3.46. The molecule has 0 unspecified atom stereocenters. The van der Waals surface area contributed by atoms with Crippen LogP contribution in [0.2, 0.25) is 0 Å². The van der Waals surface area contributed by atoms with E-state index in [1.54, 1.807) is 30.3 Å². The molecule has 6 heteroatoms. The van der Waals surface area contributed by atoms with Crippen molar-refractivity contribution in [2.45, 2.75) is 51.4 Å². The van der Waals surface area contributed by atoms with Gasteiger partial charge in [-0.25, -0.2) is 0 Å². The molecule has 0 saturated heterocycles. The third kappa shape index (κ3) is 6.05. The summed E-state index contributed by atoms with van der Waals surface area (Å²) >= 11 is 0. The summed E-state index contributed by atoms with van der Waals surface area (Å²) in [5.74, 6) is -2.24. The standard InChI is InChI=1S/C16H22F3NO2/c1-2-3-5-10-13(14(20)16(17,18)19)15(21)22-11-12-8-6-4-7-9-12/h4,6-9,13-14H,2-3,5,10-11,20H2,1H3/t13-,14-/m0/s1. The molecule has 1 aromatic rings. The van der Waals surface area contributed by atoms with E-state index in [9.17, 15) is 18.0 Å². The van der Waals surface area contributed by atoms with E-state index in [-0.39, 0.29) is 13.0 Å². The Bertz CT molecular complexity index is 448. The molecule has 0 aliphatic carbocycles. The van der Waals surface area contributed by atoms with Crippen LogP contribution < -0.4 is 5.73 Å². The van der Waals surface area contributed by atoms with Crippen LogP contribution in [0.5, 0.6) is 0 Å². The highest BCUT2D eigenvalue weighted by Crippen LogP contribution is 2.28. The Labute approximate surface area is 128 Å². The van der Waals surface area contributed by atoms with Gasteiger partial charge in [0.05, 0.1) is 5.92 Å². The van der Waals surface area contributed by atoms with Crippen molar-refractivity contribution in [1.82, 2.24) is 0 Å². The highest BCUT2D eigenvalue weighted by Gasteiger charge is 2.45. The molecule has 1 aromatic carbocycles. The molecule has 0 fully saturated rings. The molecule has 0 aliphatic rings. The van der Waals surface area contributed by atoms with Crippen molar-refractivity contribution >= 4 is 5.97 Å². The van der Waals surface area contributed by atoms with Gasteiger partial charge in [-0.3, -0.25) is 4.79 Å². The van der Waals surface area contributed by atoms with Crippen LogP contribution >= 0.6 is 0 Å². The summed E-state index contributed by atoms with van der Waals surface area (Å²) < 4.78 is 43.4. The molecule has 0 bridgehead atoms. The number of carbonyl (C=O) groups is 1. The normalized spacial score (nSPS) is 14.4. The van der Waals surface area contributed by atoms with E-state index < -0.39 is 24.1 Å². The van der Waals surface area contributed by atoms with E-state index in [1.807, 2.05) is 6.92 Å². The molecule has 0 saturated carbocycles. The van der Waals surface area contributed by atoms with E-state index in [4.69, 9.17) is 10.5 Å². The summed E-state index contributed by atoms with van der Waals surface area (Å²) in [6.45, 7) is 1.89. The molecule has 0 aromatic heterocycles. The Morgan fingerprint density at radius 2 is 1.86 bits per heavy atom. The Hall–Kier alpha value is -1.56. The number of unbranched alkanes of at least 4 members (excludes halogenated alkanes) is 2. The summed E-state index contributed by atoms with van der Waals surface area (Å²) in [6, 6.07) is 6.63. The highest BCUT2D eigenvalue weighted by molar-refractivity contribution is 5.73. The second kappa shape index (κ2) is 8.78. The summed E-state index contributed by atoms with van der Waals surface area (Å²) in [5, 5.41) is 0. The maximum absolute atomic E-state index is 12.8. The minimum Gasteiger partial charge on any atom is -0.461 e. The lowest BCUT2D eigenvalue weighted by atomic mass is 9.93. The smallest absolute Gasteiger partial charge is 0.404 e. The highest BCUT2D eigenvalue weighted by atomic mass is 19.4. The number of halogens is 3. The fraction of sp³-hybridized carbons (Fsp3) is 0.562. The quantitative estimate of drug-likeness (QED) is 0.586. The first-order chi connectivity index (χ1) is 10.4. The lowest BCUT2D eigenvalue weighted by Crippen LogP contribution is -2.47. The number of hydrogen-bond donors (Lipinski definition) is 1. The lowest BCUT2D eigenvalue weighted by Gasteiger charge is -2.24. The zero-order valence-corrected chi connectivity index (χ0v) is 12.6. The first kappa shape index (κ1) is 18.5. The zero-order valence-electron chi connectivity index (χ0n) is 12.6. The van der Waals surface area contributed by atoms with Gasteiger partial charge in [0.15, 0.2) is 0 Å². The van der Waals surface area contributed by atoms with Gasteiger partial charge in [-0.05, 0) is 12.0 Å². The van der Waals surface area contributed by atoms with Crippen molar-refractivity contribution in [2.24, 2.45) is 11.7 Å². The van der Waals surface area contributed by atoms with E-state index in [2.05, 4.69) is 0 Å². The molecule has 2 atom stereocenters. The first-order valence-electron chi connectivity index (χ1n) is 7.39. The summed E-state index contributed by atoms with van der Waals surface area (Å²) in [4.78, 5) is 12.0. The van der Waals surface area contributed by atoms with Gasteiger partial charge < -0.3 is 10.5 Å². The zero-order chi connectivity index (χ0) is 16.6. The first-order valence-corrected chi connectivity index (χ1v) is 7.39. The van der Waals surface area contributed by atoms with Gasteiger partial charge in [-0.2, -0.15) is 13.2 Å². The summed E-state index contributed by atoms with van der Waals surface area (Å²) in [7, 11) is 0. The van der Waals surface area contributed by atoms with Gasteiger partial charge >= 0.3 is 12.1 Å². The Morgan fingerprint density at radius 3 is 2.41 bits per heavy atom. The third-order valence-electron chi connectivity index (χ3n) is 3.46. The lowest BCUT2D eigenvalue weighted by molar-refractivity contribution is -0.177. The van der Waals surface area contributed by atoms with Crippen LogP contribution in [0.3, 0.4) is 0 Å². The largest absolute Gasteiger partial charge is 0.461 e. The van der Waals surface area contributed by atoms with E-state index in [1.165, 1.54) is 0 Å². The minimum atomic E-state index is -4.61. The number of benzene rings is 1. The van der Waals surface area contributed by atoms with Crippen molar-refractivity contribution in [3.8, 4) is 0 Å². The van der Waals surface area contributed by atoms with Crippen molar-refractivity contribution < 1.29 is 22.7 Å².